The standard InChI is InChI=1S/C36H63N3O8/c1-25(2)28(21-27-12-13-31(44-10)32(22-27)46-17-11-16-43-9)23-29(38-34(42)47-35(4,5)6)30(40)20-26(3)33(41)37-24-36(7,8)39-14-18-45-19-15-39/h12-13,22,25-26,28-30,40H,11,14-21,23-24H2,1-10H3,(H,37,41)(H,38,42). The van der Waals surface area contributed by atoms with E-state index in [1.165, 1.54) is 0 Å². The van der Waals surface area contributed by atoms with Crippen molar-refractivity contribution < 1.29 is 38.4 Å². The van der Waals surface area contributed by atoms with E-state index in [0.717, 1.165) is 25.1 Å². The first-order chi connectivity index (χ1) is 22.1. The molecule has 2 amide bonds. The van der Waals surface area contributed by atoms with Gasteiger partial charge in [-0.05, 0) is 83.4 Å². The van der Waals surface area contributed by atoms with Gasteiger partial charge < -0.3 is 39.4 Å². The number of benzene rings is 1. The van der Waals surface area contributed by atoms with Crippen molar-refractivity contribution in [2.75, 3.05) is 60.3 Å². The van der Waals surface area contributed by atoms with Crippen molar-refractivity contribution in [3.63, 3.8) is 0 Å². The highest BCUT2D eigenvalue weighted by molar-refractivity contribution is 5.78. The van der Waals surface area contributed by atoms with E-state index in [9.17, 15) is 14.7 Å². The Morgan fingerprint density at radius 1 is 1.00 bits per heavy atom. The third-order valence-corrected chi connectivity index (χ3v) is 8.75. The molecule has 0 saturated carbocycles. The summed E-state index contributed by atoms with van der Waals surface area (Å²) in [6, 6.07) is 5.30. The Balaban J connectivity index is 2.16. The molecule has 1 aliphatic heterocycles. The smallest absolute Gasteiger partial charge is 0.407 e. The molecule has 4 atom stereocenters. The fourth-order valence-corrected chi connectivity index (χ4v) is 5.73. The number of methoxy groups -OCH3 is 2. The van der Waals surface area contributed by atoms with Crippen molar-refractivity contribution in [2.24, 2.45) is 17.8 Å². The van der Waals surface area contributed by atoms with E-state index >= 15 is 0 Å². The van der Waals surface area contributed by atoms with Crippen LogP contribution in [0.3, 0.4) is 0 Å². The van der Waals surface area contributed by atoms with Crippen molar-refractivity contribution in [1.29, 1.82) is 0 Å². The predicted octanol–water partition coefficient (Wildman–Crippen LogP) is 4.82. The van der Waals surface area contributed by atoms with Gasteiger partial charge in [0.25, 0.3) is 0 Å². The van der Waals surface area contributed by atoms with Gasteiger partial charge in [0, 0.05) is 51.2 Å². The summed E-state index contributed by atoms with van der Waals surface area (Å²) >= 11 is 0. The molecule has 11 heteroatoms. The SMILES string of the molecule is COCCCOc1cc(CC(CC(NC(=O)OC(C)(C)C)C(O)CC(C)C(=O)NCC(C)(C)N2CCOCC2)C(C)C)ccc1OC. The lowest BCUT2D eigenvalue weighted by Gasteiger charge is -2.41. The van der Waals surface area contributed by atoms with Crippen molar-refractivity contribution in [3.05, 3.63) is 23.8 Å². The van der Waals surface area contributed by atoms with Crippen molar-refractivity contribution in [1.82, 2.24) is 15.5 Å². The van der Waals surface area contributed by atoms with Crippen LogP contribution in [0.25, 0.3) is 0 Å². The van der Waals surface area contributed by atoms with E-state index in [2.05, 4.69) is 43.2 Å². The molecule has 11 nitrogen and oxygen atoms in total. The number of morpholine rings is 1. The van der Waals surface area contributed by atoms with E-state index in [1.807, 2.05) is 25.1 Å². The number of nitrogens with one attached hydrogen (secondary N) is 2. The Kier molecular flexibility index (Phi) is 16.8. The van der Waals surface area contributed by atoms with Gasteiger partial charge in [-0.2, -0.15) is 0 Å². The summed E-state index contributed by atoms with van der Waals surface area (Å²) in [7, 11) is 3.29. The quantitative estimate of drug-likeness (QED) is 0.178. The normalized spacial score (nSPS) is 17.0. The molecule has 1 saturated heterocycles. The highest BCUT2D eigenvalue weighted by Gasteiger charge is 2.33. The number of aliphatic hydroxyl groups excluding tert-OH is 1. The molecule has 0 radical (unpaired) electrons. The lowest BCUT2D eigenvalue weighted by molar-refractivity contribution is -0.126. The molecule has 1 aromatic rings. The molecule has 1 fully saturated rings. The largest absolute Gasteiger partial charge is 0.493 e. The maximum atomic E-state index is 13.2. The van der Waals surface area contributed by atoms with Crippen LogP contribution in [-0.2, 0) is 25.4 Å². The van der Waals surface area contributed by atoms with Gasteiger partial charge in [0.2, 0.25) is 5.91 Å². The average Bonchev–Trinajstić information content (AvgIpc) is 3.00. The number of carbonyl (C=O) groups excluding carboxylic acids is 2. The minimum Gasteiger partial charge on any atom is -0.493 e. The molecule has 2 rings (SSSR count). The molecule has 0 aromatic heterocycles. The Bertz CT molecular complexity index is 1080. The molecule has 47 heavy (non-hydrogen) atoms. The fourth-order valence-electron chi connectivity index (χ4n) is 5.73. The maximum Gasteiger partial charge on any atom is 0.407 e. The van der Waals surface area contributed by atoms with Gasteiger partial charge in [-0.3, -0.25) is 9.69 Å². The van der Waals surface area contributed by atoms with Gasteiger partial charge in [-0.15, -0.1) is 0 Å². The van der Waals surface area contributed by atoms with Crippen LogP contribution in [0.15, 0.2) is 18.2 Å². The lowest BCUT2D eigenvalue weighted by Crippen LogP contribution is -2.56. The van der Waals surface area contributed by atoms with E-state index in [0.29, 0.717) is 57.3 Å². The first kappa shape index (κ1) is 40.6. The minimum absolute atomic E-state index is 0.0952. The maximum absolute atomic E-state index is 13.2. The average molecular weight is 666 g/mol. The Morgan fingerprint density at radius 3 is 2.28 bits per heavy atom. The van der Waals surface area contributed by atoms with E-state index < -0.39 is 29.8 Å². The highest BCUT2D eigenvalue weighted by atomic mass is 16.6. The second-order valence-corrected chi connectivity index (χ2v) is 14.7. The van der Waals surface area contributed by atoms with Gasteiger partial charge in [-0.25, -0.2) is 4.79 Å². The van der Waals surface area contributed by atoms with Crippen LogP contribution in [0.1, 0.15) is 80.2 Å². The molecule has 4 unspecified atom stereocenters. The molecule has 270 valence electrons. The number of alkyl carbamates (subject to hydrolysis) is 1. The molecular formula is C36H63N3O8. The molecule has 0 aliphatic carbocycles. The number of rotatable bonds is 19. The number of carbonyl (C=O) groups is 2. The molecule has 0 spiro atoms. The summed E-state index contributed by atoms with van der Waals surface area (Å²) in [5.41, 5.74) is 0.145. The van der Waals surface area contributed by atoms with Crippen LogP contribution in [0.4, 0.5) is 4.79 Å². The third kappa shape index (κ3) is 14.6. The van der Waals surface area contributed by atoms with Crippen LogP contribution >= 0.6 is 0 Å². The van der Waals surface area contributed by atoms with Crippen LogP contribution < -0.4 is 20.1 Å². The van der Waals surface area contributed by atoms with Gasteiger partial charge in [0.1, 0.15) is 5.60 Å². The number of amides is 2. The van der Waals surface area contributed by atoms with E-state index in [1.54, 1.807) is 35.0 Å². The Morgan fingerprint density at radius 2 is 1.68 bits per heavy atom. The summed E-state index contributed by atoms with van der Waals surface area (Å²) in [4.78, 5) is 28.5. The summed E-state index contributed by atoms with van der Waals surface area (Å²) in [6.45, 7) is 20.4. The third-order valence-electron chi connectivity index (χ3n) is 8.75. The number of aliphatic hydroxyl groups is 1. The summed E-state index contributed by atoms with van der Waals surface area (Å²) < 4.78 is 27.7. The van der Waals surface area contributed by atoms with Crippen molar-refractivity contribution >= 4 is 12.0 Å². The topological polar surface area (TPSA) is 128 Å². The zero-order valence-electron chi connectivity index (χ0n) is 30.6. The second-order valence-electron chi connectivity index (χ2n) is 14.7. The molecule has 3 N–H and O–H groups in total. The first-order valence-electron chi connectivity index (χ1n) is 17.1. The molecular weight excluding hydrogens is 602 g/mol. The van der Waals surface area contributed by atoms with Gasteiger partial charge >= 0.3 is 6.09 Å². The summed E-state index contributed by atoms with van der Waals surface area (Å²) in [5, 5.41) is 17.6. The molecule has 1 heterocycles. The zero-order chi connectivity index (χ0) is 35.2. The fraction of sp³-hybridized carbons (Fsp3) is 0.778. The predicted molar refractivity (Wildman–Crippen MR) is 184 cm³/mol. The number of ether oxygens (including phenoxy) is 5. The number of nitrogens with zero attached hydrogens (tertiary/aromatic N) is 1. The van der Waals surface area contributed by atoms with Gasteiger partial charge in [0.15, 0.2) is 11.5 Å². The van der Waals surface area contributed by atoms with Crippen LogP contribution in [0.5, 0.6) is 11.5 Å². The highest BCUT2D eigenvalue weighted by Crippen LogP contribution is 2.32. The zero-order valence-corrected chi connectivity index (χ0v) is 30.6. The molecule has 0 bridgehead atoms. The monoisotopic (exact) mass is 665 g/mol. The number of hydrogen-bond donors (Lipinski definition) is 3. The minimum atomic E-state index is -0.965. The second kappa shape index (κ2) is 19.4. The van der Waals surface area contributed by atoms with Crippen LogP contribution in [-0.4, -0.2) is 106 Å². The van der Waals surface area contributed by atoms with Crippen LogP contribution in [0, 0.1) is 17.8 Å². The lowest BCUT2D eigenvalue weighted by atomic mass is 9.82. The van der Waals surface area contributed by atoms with E-state index in [-0.39, 0.29) is 29.7 Å². The van der Waals surface area contributed by atoms with Crippen molar-refractivity contribution in [2.45, 2.75) is 104 Å². The van der Waals surface area contributed by atoms with E-state index in [4.69, 9.17) is 23.7 Å². The van der Waals surface area contributed by atoms with Crippen LogP contribution in [0.2, 0.25) is 0 Å². The Hall–Kier alpha value is -2.60. The molecule has 1 aliphatic rings. The molecule has 1 aromatic carbocycles. The summed E-state index contributed by atoms with van der Waals surface area (Å²) in [5.74, 6) is 1.07. The first-order valence-corrected chi connectivity index (χ1v) is 17.1. The van der Waals surface area contributed by atoms with Crippen molar-refractivity contribution in [3.8, 4) is 11.5 Å². The van der Waals surface area contributed by atoms with Gasteiger partial charge in [-0.1, -0.05) is 26.8 Å². The number of hydrogen-bond acceptors (Lipinski definition) is 9. The summed E-state index contributed by atoms with van der Waals surface area (Å²) in [6.07, 6.45) is 0.583. The van der Waals surface area contributed by atoms with Gasteiger partial charge in [0.05, 0.1) is 39.1 Å². The Labute approximate surface area is 283 Å².